The second-order valence-electron chi connectivity index (χ2n) is 8.11. The first-order valence-corrected chi connectivity index (χ1v) is 9.94. The van der Waals surface area contributed by atoms with Crippen LogP contribution in [0.25, 0.3) is 5.65 Å². The first-order chi connectivity index (χ1) is 14.5. The van der Waals surface area contributed by atoms with Gasteiger partial charge in [-0.25, -0.2) is 18.7 Å². The second-order valence-corrected chi connectivity index (χ2v) is 8.11. The zero-order valence-electron chi connectivity index (χ0n) is 15.9. The summed E-state index contributed by atoms with van der Waals surface area (Å²) < 4.78 is 41.3. The summed E-state index contributed by atoms with van der Waals surface area (Å²) in [4.78, 5) is 23.4. The van der Waals surface area contributed by atoms with E-state index < -0.39 is 17.2 Å². The molecule has 9 heteroatoms. The van der Waals surface area contributed by atoms with Gasteiger partial charge in [0, 0.05) is 37.5 Å². The van der Waals surface area contributed by atoms with Gasteiger partial charge in [-0.1, -0.05) is 0 Å². The van der Waals surface area contributed by atoms with Crippen molar-refractivity contribution in [3.63, 3.8) is 0 Å². The summed E-state index contributed by atoms with van der Waals surface area (Å²) in [5, 5.41) is 0. The maximum absolute atomic E-state index is 13.7. The highest BCUT2D eigenvalue weighted by Crippen LogP contribution is 2.51. The molecular formula is C21H18F2N4O3. The molecule has 2 aromatic heterocycles. The van der Waals surface area contributed by atoms with E-state index in [1.54, 1.807) is 34.0 Å². The molecule has 2 saturated heterocycles. The van der Waals surface area contributed by atoms with Crippen molar-refractivity contribution in [2.24, 2.45) is 0 Å². The lowest BCUT2D eigenvalue weighted by Crippen LogP contribution is -2.56. The number of hydrogen-bond acceptors (Lipinski definition) is 5. The number of amides is 1. The zero-order chi connectivity index (χ0) is 20.5. The van der Waals surface area contributed by atoms with Gasteiger partial charge in [-0.05, 0) is 36.6 Å². The van der Waals surface area contributed by atoms with Gasteiger partial charge in [0.25, 0.3) is 5.91 Å². The largest absolute Gasteiger partial charge is 0.461 e. The number of carbonyl (C=O) groups excluding carboxylic acids is 1. The van der Waals surface area contributed by atoms with Gasteiger partial charge < -0.3 is 14.4 Å². The van der Waals surface area contributed by atoms with Crippen molar-refractivity contribution in [3.05, 3.63) is 60.1 Å². The summed E-state index contributed by atoms with van der Waals surface area (Å²) in [7, 11) is 0. The molecule has 30 heavy (non-hydrogen) atoms. The molecule has 7 nitrogen and oxygen atoms in total. The van der Waals surface area contributed by atoms with Crippen LogP contribution < -0.4 is 4.74 Å². The fourth-order valence-corrected chi connectivity index (χ4v) is 4.90. The van der Waals surface area contributed by atoms with E-state index in [9.17, 15) is 13.6 Å². The van der Waals surface area contributed by atoms with Crippen LogP contribution in [0, 0.1) is 11.6 Å². The number of aromatic nitrogens is 3. The number of nitrogens with zero attached hydrogens (tertiary/aromatic N) is 4. The van der Waals surface area contributed by atoms with E-state index >= 15 is 0 Å². The van der Waals surface area contributed by atoms with Gasteiger partial charge in [-0.2, -0.15) is 0 Å². The molecule has 1 spiro atoms. The van der Waals surface area contributed by atoms with E-state index in [4.69, 9.17) is 9.47 Å². The Bertz CT molecular complexity index is 1140. The first kappa shape index (κ1) is 17.8. The fourth-order valence-electron chi connectivity index (χ4n) is 4.90. The molecule has 3 aromatic rings. The van der Waals surface area contributed by atoms with Crippen molar-refractivity contribution in [1.82, 2.24) is 19.3 Å². The van der Waals surface area contributed by atoms with Crippen molar-refractivity contribution in [2.75, 3.05) is 0 Å². The number of ether oxygens (including phenoxy) is 2. The van der Waals surface area contributed by atoms with Crippen molar-refractivity contribution in [2.45, 2.75) is 49.7 Å². The Kier molecular flexibility index (Phi) is 3.68. The second kappa shape index (κ2) is 6.21. The maximum atomic E-state index is 13.7. The highest BCUT2D eigenvalue weighted by Gasteiger charge is 2.63. The average molecular weight is 412 g/mol. The third-order valence-corrected chi connectivity index (χ3v) is 6.26. The molecule has 0 N–H and O–H groups in total. The summed E-state index contributed by atoms with van der Waals surface area (Å²) in [6, 6.07) is 5.24. The average Bonchev–Trinajstić information content (AvgIpc) is 3.37. The van der Waals surface area contributed by atoms with Gasteiger partial charge in [0.1, 0.15) is 29.6 Å². The SMILES string of the molecule is O=C1N2[C@@H](CC[C@H]2c2cc(F)cc(F)c2)OC12CC(Oc1nccc3nccn13)C2. The normalized spacial score (nSPS) is 30.1. The van der Waals surface area contributed by atoms with Crippen LogP contribution in [0.3, 0.4) is 0 Å². The molecule has 2 atom stereocenters. The number of fused-ring (bicyclic) bond motifs is 2. The maximum Gasteiger partial charge on any atom is 0.302 e. The smallest absolute Gasteiger partial charge is 0.302 e. The van der Waals surface area contributed by atoms with Crippen LogP contribution in [-0.4, -0.2) is 43.1 Å². The Morgan fingerprint density at radius 1 is 1.10 bits per heavy atom. The van der Waals surface area contributed by atoms with Crippen molar-refractivity contribution in [1.29, 1.82) is 0 Å². The lowest BCUT2D eigenvalue weighted by molar-refractivity contribution is -0.162. The van der Waals surface area contributed by atoms with E-state index in [2.05, 4.69) is 9.97 Å². The van der Waals surface area contributed by atoms with Gasteiger partial charge >= 0.3 is 6.01 Å². The van der Waals surface area contributed by atoms with Gasteiger partial charge in [-0.15, -0.1) is 0 Å². The minimum atomic E-state index is -0.928. The van der Waals surface area contributed by atoms with Gasteiger partial charge in [0.05, 0.1) is 6.04 Å². The predicted octanol–water partition coefficient (Wildman–Crippen LogP) is 3.01. The third kappa shape index (κ3) is 2.54. The summed E-state index contributed by atoms with van der Waals surface area (Å²) in [5.74, 6) is -1.42. The molecule has 154 valence electrons. The molecule has 3 fully saturated rings. The molecule has 1 aromatic carbocycles. The number of halogens is 2. The highest BCUT2D eigenvalue weighted by molar-refractivity contribution is 5.89. The Morgan fingerprint density at radius 3 is 2.70 bits per heavy atom. The van der Waals surface area contributed by atoms with Crippen LogP contribution in [0.2, 0.25) is 0 Å². The van der Waals surface area contributed by atoms with E-state index in [1.807, 2.05) is 0 Å². The Hall–Kier alpha value is -3.07. The molecular weight excluding hydrogens is 394 g/mol. The summed E-state index contributed by atoms with van der Waals surface area (Å²) in [6.45, 7) is 0. The third-order valence-electron chi connectivity index (χ3n) is 6.26. The van der Waals surface area contributed by atoms with Crippen molar-refractivity contribution < 1.29 is 23.0 Å². The molecule has 0 bridgehead atoms. The summed E-state index contributed by atoms with van der Waals surface area (Å²) in [6.07, 6.45) is 6.55. The molecule has 0 unspecified atom stereocenters. The number of benzene rings is 1. The Morgan fingerprint density at radius 2 is 1.90 bits per heavy atom. The molecule has 2 aliphatic heterocycles. The molecule has 3 aliphatic rings. The van der Waals surface area contributed by atoms with E-state index in [-0.39, 0.29) is 24.3 Å². The Labute approximate surface area is 170 Å². The lowest BCUT2D eigenvalue weighted by Gasteiger charge is -2.41. The predicted molar refractivity (Wildman–Crippen MR) is 99.4 cm³/mol. The molecule has 6 rings (SSSR count). The molecule has 1 amide bonds. The highest BCUT2D eigenvalue weighted by atomic mass is 19.1. The van der Waals surface area contributed by atoms with E-state index in [1.165, 1.54) is 12.1 Å². The topological polar surface area (TPSA) is 69.0 Å². The quantitative estimate of drug-likeness (QED) is 0.662. The molecule has 4 heterocycles. The first-order valence-electron chi connectivity index (χ1n) is 9.94. The van der Waals surface area contributed by atoms with E-state index in [0.717, 1.165) is 11.7 Å². The number of rotatable bonds is 3. The van der Waals surface area contributed by atoms with Gasteiger partial charge in [-0.3, -0.25) is 9.20 Å². The summed E-state index contributed by atoms with van der Waals surface area (Å²) >= 11 is 0. The number of imidazole rings is 1. The van der Waals surface area contributed by atoms with Gasteiger partial charge in [0.15, 0.2) is 5.60 Å². The lowest BCUT2D eigenvalue weighted by atomic mass is 9.76. The number of carbonyl (C=O) groups is 1. The standard InChI is InChI=1S/C21H18F2N4O3/c22-13-7-12(8-14(23)9-13)16-1-2-18-27(16)19(28)21(30-18)10-15(11-21)29-20-25-4-3-17-24-5-6-26(17)20/h3-9,15-16,18H,1-2,10-11H2/t15?,16-,18+,21?/m0/s1. The van der Waals surface area contributed by atoms with Crippen LogP contribution in [0.5, 0.6) is 6.01 Å². The van der Waals surface area contributed by atoms with Crippen LogP contribution >= 0.6 is 0 Å². The summed E-state index contributed by atoms with van der Waals surface area (Å²) in [5.41, 5.74) is 0.267. The van der Waals surface area contributed by atoms with Crippen LogP contribution in [0.1, 0.15) is 37.3 Å². The van der Waals surface area contributed by atoms with Gasteiger partial charge in [0.2, 0.25) is 0 Å². The van der Waals surface area contributed by atoms with Crippen molar-refractivity contribution >= 4 is 11.6 Å². The van der Waals surface area contributed by atoms with Crippen molar-refractivity contribution in [3.8, 4) is 6.01 Å². The fraction of sp³-hybridized carbons (Fsp3) is 0.381. The van der Waals surface area contributed by atoms with Crippen LogP contribution in [0.15, 0.2) is 42.9 Å². The molecule has 1 saturated carbocycles. The molecule has 1 aliphatic carbocycles. The monoisotopic (exact) mass is 412 g/mol. The van der Waals surface area contributed by atoms with Crippen LogP contribution in [0.4, 0.5) is 8.78 Å². The Balaban J connectivity index is 1.20. The molecule has 0 radical (unpaired) electrons. The minimum absolute atomic E-state index is 0.131. The van der Waals surface area contributed by atoms with Crippen LogP contribution in [-0.2, 0) is 9.53 Å². The minimum Gasteiger partial charge on any atom is -0.461 e. The zero-order valence-corrected chi connectivity index (χ0v) is 15.9. The number of hydrogen-bond donors (Lipinski definition) is 0. The van der Waals surface area contributed by atoms with E-state index in [0.29, 0.717) is 37.3 Å².